The zero-order valence-electron chi connectivity index (χ0n) is 30.7. The minimum atomic E-state index is -0.997. The molecule has 0 fully saturated rings. The van der Waals surface area contributed by atoms with E-state index in [-0.39, 0.29) is 25.2 Å². The summed E-state index contributed by atoms with van der Waals surface area (Å²) in [5.41, 5.74) is 0. The van der Waals surface area contributed by atoms with Crippen LogP contribution >= 0.6 is 0 Å². The Morgan fingerprint density at radius 1 is 0.438 bits per heavy atom. The number of unbranched alkanes of at least 4 members (excludes halogenated alkanes) is 11. The van der Waals surface area contributed by atoms with Crippen LogP contribution in [0, 0.1) is 0 Å². The van der Waals surface area contributed by atoms with E-state index < -0.39 is 6.10 Å². The normalized spacial score (nSPS) is 13.1. The highest BCUT2D eigenvalue weighted by Gasteiger charge is 2.11. The standard InChI is InChI=1S/C43H70O5/c1-3-5-7-9-11-13-15-17-19-20-21-22-24-26-28-30-32-34-36-38-43(46)48-40-41(44)39-47-42(45)37-35-33-31-29-27-25-23-18-16-14-12-10-8-6-4-2/h11-14,17-19,21-23,26-29,41,44H,3-10,15-16,20,24-25,30-40H2,1-2H3/b13-11-,14-12-,19-17-,22-21-,23-18-,28-26-,29-27-/t41-/m1/s1. The molecule has 5 heteroatoms. The molecular formula is C43H70O5. The van der Waals surface area contributed by atoms with Gasteiger partial charge in [0.25, 0.3) is 0 Å². The third-order valence-electron chi connectivity index (χ3n) is 7.60. The fraction of sp³-hybridized carbons (Fsp3) is 0.628. The van der Waals surface area contributed by atoms with Crippen LogP contribution in [0.3, 0.4) is 0 Å². The highest BCUT2D eigenvalue weighted by Crippen LogP contribution is 2.07. The van der Waals surface area contributed by atoms with Gasteiger partial charge in [-0.2, -0.15) is 0 Å². The van der Waals surface area contributed by atoms with Crippen LogP contribution in [0.25, 0.3) is 0 Å². The molecule has 0 unspecified atom stereocenters. The van der Waals surface area contributed by atoms with Crippen LogP contribution in [0.5, 0.6) is 0 Å². The summed E-state index contributed by atoms with van der Waals surface area (Å²) in [7, 11) is 0. The molecule has 0 aliphatic heterocycles. The van der Waals surface area contributed by atoms with Gasteiger partial charge in [-0.25, -0.2) is 0 Å². The Kier molecular flexibility index (Phi) is 36.2. The summed E-state index contributed by atoms with van der Waals surface area (Å²) in [5, 5.41) is 9.99. The number of hydrogen-bond donors (Lipinski definition) is 1. The third-order valence-corrected chi connectivity index (χ3v) is 7.60. The predicted molar refractivity (Wildman–Crippen MR) is 205 cm³/mol. The van der Waals surface area contributed by atoms with Crippen molar-refractivity contribution in [3.63, 3.8) is 0 Å². The van der Waals surface area contributed by atoms with Crippen LogP contribution in [-0.2, 0) is 19.1 Å². The summed E-state index contributed by atoms with van der Waals surface area (Å²) in [5.74, 6) is -0.652. The first-order chi connectivity index (χ1) is 23.6. The van der Waals surface area contributed by atoms with Crippen LogP contribution < -0.4 is 0 Å². The molecule has 48 heavy (non-hydrogen) atoms. The highest BCUT2D eigenvalue weighted by molar-refractivity contribution is 5.69. The Bertz CT molecular complexity index is 937. The van der Waals surface area contributed by atoms with Crippen LogP contribution in [0.15, 0.2) is 85.1 Å². The summed E-state index contributed by atoms with van der Waals surface area (Å²) in [6.45, 7) is 4.16. The number of carbonyl (C=O) groups excluding carboxylic acids is 2. The quantitative estimate of drug-likeness (QED) is 0.0429. The van der Waals surface area contributed by atoms with Gasteiger partial charge in [-0.05, 0) is 96.3 Å². The van der Waals surface area contributed by atoms with E-state index in [2.05, 4.69) is 98.9 Å². The molecule has 272 valence electrons. The number of esters is 2. The Morgan fingerprint density at radius 3 is 1.08 bits per heavy atom. The molecule has 0 heterocycles. The lowest BCUT2D eigenvalue weighted by Gasteiger charge is -2.12. The number of allylic oxidation sites excluding steroid dienone is 14. The van der Waals surface area contributed by atoms with Crippen LogP contribution in [0.2, 0.25) is 0 Å². The Balaban J connectivity index is 3.61. The molecule has 1 N–H and O–H groups in total. The lowest BCUT2D eigenvalue weighted by atomic mass is 10.1. The van der Waals surface area contributed by atoms with Crippen molar-refractivity contribution in [2.24, 2.45) is 0 Å². The molecule has 0 saturated heterocycles. The van der Waals surface area contributed by atoms with Gasteiger partial charge in [0.05, 0.1) is 0 Å². The SMILES string of the molecule is CCCCC/C=C\C/C=C\C/C=C\C/C=C\CCCCCC(=O)OC[C@H](O)COC(=O)CCCC/C=C\C/C=C\C/C=C\CCCCC. The number of ether oxygens (including phenoxy) is 2. The van der Waals surface area contributed by atoms with Gasteiger partial charge < -0.3 is 14.6 Å². The zero-order chi connectivity index (χ0) is 35.0. The Morgan fingerprint density at radius 2 is 0.729 bits per heavy atom. The van der Waals surface area contributed by atoms with Crippen molar-refractivity contribution < 1.29 is 24.2 Å². The minimum Gasteiger partial charge on any atom is -0.463 e. The maximum absolute atomic E-state index is 12.0. The van der Waals surface area contributed by atoms with E-state index >= 15 is 0 Å². The van der Waals surface area contributed by atoms with Gasteiger partial charge in [-0.3, -0.25) is 9.59 Å². The largest absolute Gasteiger partial charge is 0.463 e. The topological polar surface area (TPSA) is 72.8 Å². The van der Waals surface area contributed by atoms with Crippen molar-refractivity contribution in [3.8, 4) is 0 Å². The van der Waals surface area contributed by atoms with E-state index in [4.69, 9.17) is 9.47 Å². The van der Waals surface area contributed by atoms with Gasteiger partial charge in [0, 0.05) is 12.8 Å². The number of carbonyl (C=O) groups is 2. The molecule has 0 aromatic carbocycles. The van der Waals surface area contributed by atoms with Gasteiger partial charge in [0.15, 0.2) is 0 Å². The number of hydrogen-bond acceptors (Lipinski definition) is 5. The van der Waals surface area contributed by atoms with Crippen molar-refractivity contribution in [2.45, 2.75) is 161 Å². The summed E-state index contributed by atoms with van der Waals surface area (Å²) >= 11 is 0. The summed E-state index contributed by atoms with van der Waals surface area (Å²) in [6, 6.07) is 0. The van der Waals surface area contributed by atoms with Gasteiger partial charge in [-0.1, -0.05) is 131 Å². The molecule has 0 spiro atoms. The van der Waals surface area contributed by atoms with Crippen molar-refractivity contribution in [3.05, 3.63) is 85.1 Å². The van der Waals surface area contributed by atoms with E-state index in [0.717, 1.165) is 77.0 Å². The van der Waals surface area contributed by atoms with Gasteiger partial charge in [0.2, 0.25) is 0 Å². The van der Waals surface area contributed by atoms with Gasteiger partial charge in [-0.15, -0.1) is 0 Å². The monoisotopic (exact) mass is 667 g/mol. The molecule has 0 aliphatic carbocycles. The van der Waals surface area contributed by atoms with Crippen molar-refractivity contribution in [1.29, 1.82) is 0 Å². The first-order valence-corrected chi connectivity index (χ1v) is 19.1. The van der Waals surface area contributed by atoms with Crippen molar-refractivity contribution in [2.75, 3.05) is 13.2 Å². The highest BCUT2D eigenvalue weighted by atomic mass is 16.6. The Labute approximate surface area is 295 Å². The average molecular weight is 667 g/mol. The fourth-order valence-electron chi connectivity index (χ4n) is 4.66. The smallest absolute Gasteiger partial charge is 0.305 e. The first-order valence-electron chi connectivity index (χ1n) is 19.1. The zero-order valence-corrected chi connectivity index (χ0v) is 30.7. The number of aliphatic hydroxyl groups excluding tert-OH is 1. The van der Waals surface area contributed by atoms with Gasteiger partial charge >= 0.3 is 11.9 Å². The molecule has 0 aromatic heterocycles. The first kappa shape index (κ1) is 45.1. The number of rotatable bonds is 33. The van der Waals surface area contributed by atoms with Gasteiger partial charge in [0.1, 0.15) is 19.3 Å². The summed E-state index contributed by atoms with van der Waals surface area (Å²) in [6.07, 6.45) is 52.0. The van der Waals surface area contributed by atoms with E-state index in [1.165, 1.54) is 51.4 Å². The maximum Gasteiger partial charge on any atom is 0.305 e. The lowest BCUT2D eigenvalue weighted by molar-refractivity contribution is -0.152. The maximum atomic E-state index is 12.0. The molecule has 0 saturated carbocycles. The van der Waals surface area contributed by atoms with E-state index in [1.54, 1.807) is 0 Å². The van der Waals surface area contributed by atoms with Crippen LogP contribution in [0.4, 0.5) is 0 Å². The molecule has 0 amide bonds. The summed E-state index contributed by atoms with van der Waals surface area (Å²) < 4.78 is 10.3. The molecule has 0 bridgehead atoms. The molecular weight excluding hydrogens is 596 g/mol. The number of aliphatic hydroxyl groups is 1. The molecule has 1 atom stereocenters. The van der Waals surface area contributed by atoms with Crippen LogP contribution in [0.1, 0.15) is 155 Å². The van der Waals surface area contributed by atoms with E-state index in [0.29, 0.717) is 12.8 Å². The molecule has 0 rings (SSSR count). The third kappa shape index (κ3) is 37.5. The lowest BCUT2D eigenvalue weighted by Crippen LogP contribution is -2.25. The minimum absolute atomic E-state index is 0.150. The van der Waals surface area contributed by atoms with E-state index in [9.17, 15) is 14.7 Å². The second-order valence-electron chi connectivity index (χ2n) is 12.3. The van der Waals surface area contributed by atoms with Crippen LogP contribution in [-0.4, -0.2) is 36.4 Å². The Hall–Kier alpha value is -2.92. The second-order valence-corrected chi connectivity index (χ2v) is 12.3. The molecule has 0 radical (unpaired) electrons. The second kappa shape index (κ2) is 38.5. The summed E-state index contributed by atoms with van der Waals surface area (Å²) in [4.78, 5) is 23.9. The molecule has 5 nitrogen and oxygen atoms in total. The molecule has 0 aromatic rings. The average Bonchev–Trinajstić information content (AvgIpc) is 3.09. The fourth-order valence-corrected chi connectivity index (χ4v) is 4.66. The molecule has 0 aliphatic rings. The van der Waals surface area contributed by atoms with E-state index in [1.807, 2.05) is 0 Å². The van der Waals surface area contributed by atoms with Crippen molar-refractivity contribution in [1.82, 2.24) is 0 Å². The predicted octanol–water partition coefficient (Wildman–Crippen LogP) is 11.9. The van der Waals surface area contributed by atoms with Crippen molar-refractivity contribution >= 4 is 11.9 Å².